The Hall–Kier alpha value is -3.28. The lowest BCUT2D eigenvalue weighted by Crippen LogP contribution is -2.32. The summed E-state index contributed by atoms with van der Waals surface area (Å²) < 4.78 is 12.5. The summed E-state index contributed by atoms with van der Waals surface area (Å²) in [5.41, 5.74) is 2.66. The SMILES string of the molecule is CCC(C)NC(=O)c1cn(-c2ccccc2)nc1-c1ccc(OC)cc1OC. The van der Waals surface area contributed by atoms with Crippen molar-refractivity contribution in [2.45, 2.75) is 26.3 Å². The molecule has 1 unspecified atom stereocenters. The van der Waals surface area contributed by atoms with Gasteiger partial charge in [0.2, 0.25) is 0 Å². The van der Waals surface area contributed by atoms with Gasteiger partial charge in [0.25, 0.3) is 5.91 Å². The molecule has 0 aliphatic carbocycles. The van der Waals surface area contributed by atoms with Crippen LogP contribution in [0.3, 0.4) is 0 Å². The lowest BCUT2D eigenvalue weighted by molar-refractivity contribution is 0.0940. The minimum absolute atomic E-state index is 0.0678. The van der Waals surface area contributed by atoms with Crippen LogP contribution >= 0.6 is 0 Å². The number of nitrogens with one attached hydrogen (secondary N) is 1. The molecule has 1 aromatic heterocycles. The number of methoxy groups -OCH3 is 2. The van der Waals surface area contributed by atoms with Crippen molar-refractivity contribution in [2.75, 3.05) is 14.2 Å². The first kappa shape index (κ1) is 19.5. The van der Waals surface area contributed by atoms with Crippen LogP contribution in [0, 0.1) is 0 Å². The van der Waals surface area contributed by atoms with Crippen LogP contribution in [0.4, 0.5) is 0 Å². The van der Waals surface area contributed by atoms with Crippen LogP contribution in [-0.2, 0) is 0 Å². The Bertz CT molecular complexity index is 951. The van der Waals surface area contributed by atoms with E-state index in [9.17, 15) is 4.79 Å². The van der Waals surface area contributed by atoms with Gasteiger partial charge in [-0.05, 0) is 37.6 Å². The zero-order chi connectivity index (χ0) is 20.1. The van der Waals surface area contributed by atoms with Gasteiger partial charge in [-0.25, -0.2) is 4.68 Å². The molecular weight excluding hydrogens is 354 g/mol. The highest BCUT2D eigenvalue weighted by molar-refractivity contribution is 6.00. The number of benzene rings is 2. The van der Waals surface area contributed by atoms with Crippen LogP contribution < -0.4 is 14.8 Å². The van der Waals surface area contributed by atoms with Crippen molar-refractivity contribution in [2.24, 2.45) is 0 Å². The number of nitrogens with zero attached hydrogens (tertiary/aromatic N) is 2. The summed E-state index contributed by atoms with van der Waals surface area (Å²) in [5, 5.41) is 7.73. The molecule has 6 heteroatoms. The molecule has 0 saturated heterocycles. The highest BCUT2D eigenvalue weighted by Gasteiger charge is 2.22. The van der Waals surface area contributed by atoms with Crippen molar-refractivity contribution in [3.05, 3.63) is 60.3 Å². The Balaban J connectivity index is 2.13. The maximum Gasteiger partial charge on any atom is 0.255 e. The molecule has 0 fully saturated rings. The maximum atomic E-state index is 12.9. The molecular formula is C22H25N3O3. The molecule has 6 nitrogen and oxygen atoms in total. The number of hydrogen-bond donors (Lipinski definition) is 1. The zero-order valence-electron chi connectivity index (χ0n) is 16.6. The lowest BCUT2D eigenvalue weighted by Gasteiger charge is -2.12. The second-order valence-corrected chi connectivity index (χ2v) is 6.52. The normalized spacial score (nSPS) is 11.7. The van der Waals surface area contributed by atoms with Crippen LogP contribution in [0.1, 0.15) is 30.6 Å². The molecule has 2 aromatic carbocycles. The molecule has 1 atom stereocenters. The Kier molecular flexibility index (Phi) is 5.99. The maximum absolute atomic E-state index is 12.9. The van der Waals surface area contributed by atoms with Gasteiger partial charge >= 0.3 is 0 Å². The van der Waals surface area contributed by atoms with Gasteiger partial charge in [0.1, 0.15) is 17.2 Å². The number of rotatable bonds is 7. The fourth-order valence-electron chi connectivity index (χ4n) is 2.85. The number of carbonyl (C=O) groups excluding carboxylic acids is 1. The van der Waals surface area contributed by atoms with E-state index in [2.05, 4.69) is 5.32 Å². The first-order valence-corrected chi connectivity index (χ1v) is 9.25. The molecule has 0 spiro atoms. The molecule has 1 N–H and O–H groups in total. The van der Waals surface area contributed by atoms with Crippen LogP contribution in [0.15, 0.2) is 54.7 Å². The summed E-state index contributed by atoms with van der Waals surface area (Å²) in [6.07, 6.45) is 2.60. The van der Waals surface area contributed by atoms with Crippen molar-refractivity contribution in [1.29, 1.82) is 0 Å². The fraction of sp³-hybridized carbons (Fsp3) is 0.273. The summed E-state index contributed by atoms with van der Waals surface area (Å²) in [6.45, 7) is 4.01. The second kappa shape index (κ2) is 8.61. The van der Waals surface area contributed by atoms with Gasteiger partial charge in [-0.2, -0.15) is 5.10 Å². The number of para-hydroxylation sites is 1. The number of hydrogen-bond acceptors (Lipinski definition) is 4. The van der Waals surface area contributed by atoms with Gasteiger partial charge in [-0.15, -0.1) is 0 Å². The molecule has 3 aromatic rings. The van der Waals surface area contributed by atoms with Gasteiger partial charge in [-0.1, -0.05) is 25.1 Å². The van der Waals surface area contributed by atoms with Gasteiger partial charge in [-0.3, -0.25) is 4.79 Å². The smallest absolute Gasteiger partial charge is 0.255 e. The van der Waals surface area contributed by atoms with Gasteiger partial charge in [0, 0.05) is 23.9 Å². The molecule has 146 valence electrons. The van der Waals surface area contributed by atoms with E-state index in [1.165, 1.54) is 0 Å². The van der Waals surface area contributed by atoms with Gasteiger partial charge in [0.05, 0.1) is 25.5 Å². The molecule has 0 aliphatic rings. The minimum Gasteiger partial charge on any atom is -0.497 e. The van der Waals surface area contributed by atoms with Gasteiger partial charge < -0.3 is 14.8 Å². The van der Waals surface area contributed by atoms with E-state index in [4.69, 9.17) is 14.6 Å². The molecule has 0 aliphatic heterocycles. The van der Waals surface area contributed by atoms with Crippen molar-refractivity contribution < 1.29 is 14.3 Å². The summed E-state index contributed by atoms with van der Waals surface area (Å²) in [7, 11) is 3.19. The molecule has 3 rings (SSSR count). The first-order valence-electron chi connectivity index (χ1n) is 9.25. The average Bonchev–Trinajstić information content (AvgIpc) is 3.19. The number of carbonyl (C=O) groups is 1. The standard InChI is InChI=1S/C22H25N3O3/c1-5-15(2)23-22(26)19-14-25(16-9-7-6-8-10-16)24-21(19)18-12-11-17(27-3)13-20(18)28-4/h6-15H,5H2,1-4H3,(H,23,26). The molecule has 0 saturated carbocycles. The van der Waals surface area contributed by atoms with Crippen LogP contribution in [0.25, 0.3) is 16.9 Å². The van der Waals surface area contributed by atoms with Gasteiger partial charge in [0.15, 0.2) is 0 Å². The van der Waals surface area contributed by atoms with E-state index in [1.54, 1.807) is 31.2 Å². The van der Waals surface area contributed by atoms with E-state index in [0.717, 1.165) is 17.7 Å². The van der Waals surface area contributed by atoms with Crippen LogP contribution in [-0.4, -0.2) is 35.9 Å². The zero-order valence-corrected chi connectivity index (χ0v) is 16.6. The highest BCUT2D eigenvalue weighted by Crippen LogP contribution is 2.34. The Morgan fingerprint density at radius 3 is 2.54 bits per heavy atom. The quantitative estimate of drug-likeness (QED) is 0.672. The van der Waals surface area contributed by atoms with E-state index in [0.29, 0.717) is 22.8 Å². The van der Waals surface area contributed by atoms with E-state index < -0.39 is 0 Å². The van der Waals surface area contributed by atoms with Crippen molar-refractivity contribution in [3.8, 4) is 28.4 Å². The summed E-state index contributed by atoms with van der Waals surface area (Å²) in [6, 6.07) is 15.2. The lowest BCUT2D eigenvalue weighted by atomic mass is 10.1. The predicted molar refractivity (Wildman–Crippen MR) is 109 cm³/mol. The Labute approximate surface area is 165 Å². The fourth-order valence-corrected chi connectivity index (χ4v) is 2.85. The largest absolute Gasteiger partial charge is 0.497 e. The number of amides is 1. The first-order chi connectivity index (χ1) is 13.6. The monoisotopic (exact) mass is 379 g/mol. The minimum atomic E-state index is -0.163. The van der Waals surface area contributed by atoms with Crippen molar-refractivity contribution in [1.82, 2.24) is 15.1 Å². The summed E-state index contributed by atoms with van der Waals surface area (Å²) in [5.74, 6) is 1.10. The molecule has 1 heterocycles. The third-order valence-electron chi connectivity index (χ3n) is 4.63. The highest BCUT2D eigenvalue weighted by atomic mass is 16.5. The van der Waals surface area contributed by atoms with Crippen LogP contribution in [0.5, 0.6) is 11.5 Å². The van der Waals surface area contributed by atoms with E-state index in [-0.39, 0.29) is 11.9 Å². The average molecular weight is 379 g/mol. The number of ether oxygens (including phenoxy) is 2. The molecule has 1 amide bonds. The van der Waals surface area contributed by atoms with E-state index >= 15 is 0 Å². The third-order valence-corrected chi connectivity index (χ3v) is 4.63. The predicted octanol–water partition coefficient (Wildman–Crippen LogP) is 4.08. The molecule has 28 heavy (non-hydrogen) atoms. The number of aromatic nitrogens is 2. The molecule has 0 bridgehead atoms. The van der Waals surface area contributed by atoms with E-state index in [1.807, 2.05) is 56.3 Å². The Morgan fingerprint density at radius 2 is 1.89 bits per heavy atom. The topological polar surface area (TPSA) is 65.4 Å². The van der Waals surface area contributed by atoms with Crippen LogP contribution in [0.2, 0.25) is 0 Å². The molecule has 0 radical (unpaired) electrons. The Morgan fingerprint density at radius 1 is 1.14 bits per heavy atom. The summed E-state index contributed by atoms with van der Waals surface area (Å²) >= 11 is 0. The summed E-state index contributed by atoms with van der Waals surface area (Å²) in [4.78, 5) is 12.9. The third kappa shape index (κ3) is 4.01. The van der Waals surface area contributed by atoms with Crippen molar-refractivity contribution in [3.63, 3.8) is 0 Å². The second-order valence-electron chi connectivity index (χ2n) is 6.52. The van der Waals surface area contributed by atoms with Crippen molar-refractivity contribution >= 4 is 5.91 Å².